The van der Waals surface area contributed by atoms with E-state index >= 15 is 0 Å². The molecule has 1 heterocycles. The van der Waals surface area contributed by atoms with E-state index in [1.165, 1.54) is 44.9 Å². The lowest BCUT2D eigenvalue weighted by molar-refractivity contribution is 0.0135. The minimum atomic E-state index is 0.445. The van der Waals surface area contributed by atoms with Gasteiger partial charge in [-0.25, -0.2) is 0 Å². The highest BCUT2D eigenvalue weighted by Crippen LogP contribution is 2.20. The standard InChI is InChI=1S/C14H25NO/c1-12-11-14(8-10-16-12)15-9-7-13-5-3-2-4-6-13/h5,12,14-15H,2-4,6-11H2,1H3. The predicted molar refractivity (Wildman–Crippen MR) is 67.6 cm³/mol. The second kappa shape index (κ2) is 6.41. The maximum absolute atomic E-state index is 5.55. The lowest BCUT2D eigenvalue weighted by Gasteiger charge is -2.28. The third kappa shape index (κ3) is 3.91. The van der Waals surface area contributed by atoms with Crippen LogP contribution in [0.3, 0.4) is 0 Å². The first-order valence-electron chi connectivity index (χ1n) is 6.87. The maximum Gasteiger partial charge on any atom is 0.0561 e. The van der Waals surface area contributed by atoms with E-state index < -0.39 is 0 Å². The third-order valence-corrected chi connectivity index (χ3v) is 3.75. The van der Waals surface area contributed by atoms with Crippen LogP contribution in [0, 0.1) is 0 Å². The first-order chi connectivity index (χ1) is 7.84. The van der Waals surface area contributed by atoms with Crippen molar-refractivity contribution < 1.29 is 4.74 Å². The van der Waals surface area contributed by atoms with Gasteiger partial charge in [-0.2, -0.15) is 0 Å². The normalized spacial score (nSPS) is 31.2. The highest BCUT2D eigenvalue weighted by Gasteiger charge is 2.18. The molecule has 1 N–H and O–H groups in total. The zero-order valence-electron chi connectivity index (χ0n) is 10.5. The summed E-state index contributed by atoms with van der Waals surface area (Å²) in [7, 11) is 0. The summed E-state index contributed by atoms with van der Waals surface area (Å²) in [6, 6.07) is 0.688. The second-order valence-corrected chi connectivity index (χ2v) is 5.21. The predicted octanol–water partition coefficient (Wildman–Crippen LogP) is 3.03. The molecule has 0 bridgehead atoms. The molecule has 2 heteroatoms. The molecule has 0 saturated carbocycles. The summed E-state index contributed by atoms with van der Waals surface area (Å²) >= 11 is 0. The number of hydrogen-bond donors (Lipinski definition) is 1. The summed E-state index contributed by atoms with van der Waals surface area (Å²) in [4.78, 5) is 0. The minimum Gasteiger partial charge on any atom is -0.378 e. The maximum atomic E-state index is 5.55. The van der Waals surface area contributed by atoms with Gasteiger partial charge in [-0.15, -0.1) is 0 Å². The van der Waals surface area contributed by atoms with Crippen molar-refractivity contribution in [1.29, 1.82) is 0 Å². The van der Waals surface area contributed by atoms with Gasteiger partial charge in [-0.3, -0.25) is 0 Å². The van der Waals surface area contributed by atoms with Crippen molar-refractivity contribution in [3.8, 4) is 0 Å². The van der Waals surface area contributed by atoms with E-state index in [0.717, 1.165) is 13.2 Å². The Hall–Kier alpha value is -0.340. The van der Waals surface area contributed by atoms with Crippen molar-refractivity contribution in [1.82, 2.24) is 5.32 Å². The Kier molecular flexibility index (Phi) is 4.86. The molecular formula is C14H25NO. The summed E-state index contributed by atoms with van der Waals surface area (Å²) in [5, 5.41) is 3.68. The summed E-state index contributed by atoms with van der Waals surface area (Å²) in [6.45, 7) is 4.27. The monoisotopic (exact) mass is 223 g/mol. The minimum absolute atomic E-state index is 0.445. The molecule has 2 unspecified atom stereocenters. The Balaban J connectivity index is 1.61. The first kappa shape index (κ1) is 12.1. The molecule has 0 spiro atoms. The summed E-state index contributed by atoms with van der Waals surface area (Å²) in [6.07, 6.45) is 12.0. The van der Waals surface area contributed by atoms with Gasteiger partial charge in [0, 0.05) is 12.6 Å². The molecule has 92 valence electrons. The van der Waals surface area contributed by atoms with Crippen LogP contribution in [0.5, 0.6) is 0 Å². The molecule has 2 atom stereocenters. The Labute approximate surface area is 99.4 Å². The van der Waals surface area contributed by atoms with Gasteiger partial charge in [-0.1, -0.05) is 11.6 Å². The van der Waals surface area contributed by atoms with Crippen molar-refractivity contribution in [3.05, 3.63) is 11.6 Å². The van der Waals surface area contributed by atoms with E-state index in [2.05, 4.69) is 18.3 Å². The number of ether oxygens (including phenoxy) is 1. The van der Waals surface area contributed by atoms with Crippen LogP contribution in [0.4, 0.5) is 0 Å². The van der Waals surface area contributed by atoms with E-state index in [0.29, 0.717) is 12.1 Å². The molecule has 2 nitrogen and oxygen atoms in total. The summed E-state index contributed by atoms with van der Waals surface area (Å²) in [5.41, 5.74) is 1.68. The van der Waals surface area contributed by atoms with Crippen LogP contribution in [0.25, 0.3) is 0 Å². The first-order valence-corrected chi connectivity index (χ1v) is 6.87. The molecule has 2 rings (SSSR count). The largest absolute Gasteiger partial charge is 0.378 e. The Morgan fingerprint density at radius 1 is 1.44 bits per heavy atom. The fourth-order valence-corrected chi connectivity index (χ4v) is 2.75. The average molecular weight is 223 g/mol. The number of allylic oxidation sites excluding steroid dienone is 1. The van der Waals surface area contributed by atoms with Crippen molar-refractivity contribution in [2.75, 3.05) is 13.2 Å². The summed E-state index contributed by atoms with van der Waals surface area (Å²) in [5.74, 6) is 0. The molecule has 0 aromatic carbocycles. The number of nitrogens with one attached hydrogen (secondary N) is 1. The van der Waals surface area contributed by atoms with Crippen LogP contribution in [0.2, 0.25) is 0 Å². The second-order valence-electron chi connectivity index (χ2n) is 5.21. The molecule has 0 amide bonds. The molecule has 1 saturated heterocycles. The van der Waals surface area contributed by atoms with Gasteiger partial charge in [0.15, 0.2) is 0 Å². The Morgan fingerprint density at radius 3 is 3.12 bits per heavy atom. The zero-order chi connectivity index (χ0) is 11.2. The summed E-state index contributed by atoms with van der Waals surface area (Å²) < 4.78 is 5.55. The molecule has 0 aromatic rings. The highest BCUT2D eigenvalue weighted by molar-refractivity contribution is 5.05. The fraction of sp³-hybridized carbons (Fsp3) is 0.857. The van der Waals surface area contributed by atoms with E-state index in [1.54, 1.807) is 5.57 Å². The third-order valence-electron chi connectivity index (χ3n) is 3.75. The molecule has 0 radical (unpaired) electrons. The van der Waals surface area contributed by atoms with Crippen molar-refractivity contribution in [2.24, 2.45) is 0 Å². The topological polar surface area (TPSA) is 21.3 Å². The molecule has 1 aliphatic carbocycles. The van der Waals surface area contributed by atoms with E-state index in [9.17, 15) is 0 Å². The highest BCUT2D eigenvalue weighted by atomic mass is 16.5. The van der Waals surface area contributed by atoms with Gasteiger partial charge in [0.1, 0.15) is 0 Å². The van der Waals surface area contributed by atoms with Crippen molar-refractivity contribution in [3.63, 3.8) is 0 Å². The van der Waals surface area contributed by atoms with Gasteiger partial charge in [-0.05, 0) is 58.4 Å². The van der Waals surface area contributed by atoms with Crippen molar-refractivity contribution >= 4 is 0 Å². The van der Waals surface area contributed by atoms with Crippen LogP contribution in [-0.2, 0) is 4.74 Å². The van der Waals surface area contributed by atoms with Gasteiger partial charge < -0.3 is 10.1 Å². The van der Waals surface area contributed by atoms with Gasteiger partial charge >= 0.3 is 0 Å². The number of rotatable bonds is 4. The lowest BCUT2D eigenvalue weighted by atomic mass is 9.97. The van der Waals surface area contributed by atoms with Gasteiger partial charge in [0.2, 0.25) is 0 Å². The van der Waals surface area contributed by atoms with Crippen molar-refractivity contribution in [2.45, 2.75) is 64.0 Å². The van der Waals surface area contributed by atoms with Crippen LogP contribution < -0.4 is 5.32 Å². The average Bonchev–Trinajstić information content (AvgIpc) is 2.30. The number of hydrogen-bond acceptors (Lipinski definition) is 2. The quantitative estimate of drug-likeness (QED) is 0.740. The van der Waals surface area contributed by atoms with Crippen LogP contribution in [-0.4, -0.2) is 25.3 Å². The lowest BCUT2D eigenvalue weighted by Crippen LogP contribution is -2.38. The van der Waals surface area contributed by atoms with E-state index in [1.807, 2.05) is 0 Å². The smallest absolute Gasteiger partial charge is 0.0561 e. The SMILES string of the molecule is CC1CC(NCCC2=CCCCC2)CCO1. The van der Waals surface area contributed by atoms with Gasteiger partial charge in [0.05, 0.1) is 6.10 Å². The Morgan fingerprint density at radius 2 is 2.38 bits per heavy atom. The van der Waals surface area contributed by atoms with Crippen LogP contribution in [0.15, 0.2) is 11.6 Å². The van der Waals surface area contributed by atoms with E-state index in [-0.39, 0.29) is 0 Å². The zero-order valence-corrected chi connectivity index (χ0v) is 10.5. The molecule has 1 aliphatic heterocycles. The molecule has 16 heavy (non-hydrogen) atoms. The Bertz CT molecular complexity index is 237. The van der Waals surface area contributed by atoms with Crippen LogP contribution in [0.1, 0.15) is 51.9 Å². The van der Waals surface area contributed by atoms with E-state index in [4.69, 9.17) is 4.74 Å². The molecule has 0 aromatic heterocycles. The molecule has 2 aliphatic rings. The molecule has 1 fully saturated rings. The molecular weight excluding hydrogens is 198 g/mol. The fourth-order valence-electron chi connectivity index (χ4n) is 2.75. The van der Waals surface area contributed by atoms with Crippen LogP contribution >= 0.6 is 0 Å². The van der Waals surface area contributed by atoms with Gasteiger partial charge in [0.25, 0.3) is 0 Å².